The van der Waals surface area contributed by atoms with E-state index >= 15 is 0 Å². The first-order valence-electron chi connectivity index (χ1n) is 7.42. The Kier molecular flexibility index (Phi) is 5.27. The fraction of sp³-hybridized carbons (Fsp3) is 0.0556. The van der Waals surface area contributed by atoms with Crippen molar-refractivity contribution >= 4 is 64.1 Å². The molecule has 1 fully saturated rings. The number of ether oxygens (including phenoxy) is 1. The van der Waals surface area contributed by atoms with Crippen LogP contribution in [0.5, 0.6) is 5.75 Å². The molecule has 1 N–H and O–H groups in total. The number of halogens is 2. The van der Waals surface area contributed by atoms with Crippen LogP contribution in [0, 0.1) is 0 Å². The number of anilines is 1. The summed E-state index contributed by atoms with van der Waals surface area (Å²) < 4.78 is 5.26. The molecule has 1 aliphatic heterocycles. The number of carbonyl (C=O) groups is 2. The van der Waals surface area contributed by atoms with Crippen LogP contribution in [0.4, 0.5) is 5.69 Å². The summed E-state index contributed by atoms with van der Waals surface area (Å²) in [6.45, 7) is 0. The molecular formula is C18H12Cl2N2O3S. The van der Waals surface area contributed by atoms with Gasteiger partial charge in [-0.2, -0.15) is 0 Å². The van der Waals surface area contributed by atoms with Crippen LogP contribution in [-0.2, 0) is 9.59 Å². The first kappa shape index (κ1) is 18.4. The van der Waals surface area contributed by atoms with Gasteiger partial charge >= 0.3 is 0 Å². The average Bonchev–Trinajstić information content (AvgIpc) is 2.60. The number of methoxy groups -OCH3 is 1. The van der Waals surface area contributed by atoms with Crippen molar-refractivity contribution < 1.29 is 14.3 Å². The molecule has 3 rings (SSSR count). The number of nitrogens with zero attached hydrogens (tertiary/aromatic N) is 1. The molecule has 2 amide bonds. The minimum atomic E-state index is -0.591. The molecule has 1 saturated heterocycles. The van der Waals surface area contributed by atoms with Crippen molar-refractivity contribution in [3.63, 3.8) is 0 Å². The Morgan fingerprint density at radius 1 is 1.15 bits per heavy atom. The molecule has 0 bridgehead atoms. The number of amides is 2. The normalized spacial score (nSPS) is 16.0. The van der Waals surface area contributed by atoms with Crippen molar-refractivity contribution in [2.45, 2.75) is 0 Å². The molecule has 0 saturated carbocycles. The molecule has 0 atom stereocenters. The van der Waals surface area contributed by atoms with Gasteiger partial charge in [0, 0.05) is 10.6 Å². The number of thiocarbonyl (C=S) groups is 1. The second kappa shape index (κ2) is 7.45. The van der Waals surface area contributed by atoms with Crippen LogP contribution in [0.25, 0.3) is 6.08 Å². The van der Waals surface area contributed by atoms with Crippen molar-refractivity contribution in [1.29, 1.82) is 0 Å². The minimum Gasteiger partial charge on any atom is -0.496 e. The molecule has 0 aromatic heterocycles. The van der Waals surface area contributed by atoms with Crippen LogP contribution >= 0.6 is 35.4 Å². The van der Waals surface area contributed by atoms with Gasteiger partial charge in [0.05, 0.1) is 17.8 Å². The number of benzene rings is 2. The quantitative estimate of drug-likeness (QED) is 0.477. The van der Waals surface area contributed by atoms with Gasteiger partial charge in [0.2, 0.25) is 0 Å². The van der Waals surface area contributed by atoms with E-state index < -0.39 is 11.8 Å². The van der Waals surface area contributed by atoms with Crippen LogP contribution in [0.15, 0.2) is 48.0 Å². The summed E-state index contributed by atoms with van der Waals surface area (Å²) in [6, 6.07) is 11.7. The third kappa shape index (κ3) is 3.44. The molecule has 0 unspecified atom stereocenters. The molecule has 1 aliphatic rings. The minimum absolute atomic E-state index is 0.0543. The Hall–Kier alpha value is -2.41. The van der Waals surface area contributed by atoms with E-state index in [2.05, 4.69) is 5.32 Å². The van der Waals surface area contributed by atoms with Gasteiger partial charge in [0.15, 0.2) is 5.11 Å². The molecule has 8 heteroatoms. The van der Waals surface area contributed by atoms with Gasteiger partial charge in [-0.15, -0.1) is 0 Å². The van der Waals surface area contributed by atoms with Gasteiger partial charge in [-0.25, -0.2) is 0 Å². The largest absolute Gasteiger partial charge is 0.496 e. The zero-order valence-corrected chi connectivity index (χ0v) is 15.8. The first-order chi connectivity index (χ1) is 12.4. The highest BCUT2D eigenvalue weighted by molar-refractivity contribution is 7.80. The van der Waals surface area contributed by atoms with E-state index in [0.717, 1.165) is 4.90 Å². The lowest BCUT2D eigenvalue weighted by Gasteiger charge is -2.29. The maximum atomic E-state index is 13.0. The van der Waals surface area contributed by atoms with Crippen molar-refractivity contribution in [2.75, 3.05) is 12.0 Å². The Morgan fingerprint density at radius 3 is 2.58 bits per heavy atom. The van der Waals surface area contributed by atoms with Gasteiger partial charge < -0.3 is 4.74 Å². The summed E-state index contributed by atoms with van der Waals surface area (Å²) in [6.07, 6.45) is 1.45. The molecule has 0 aliphatic carbocycles. The SMILES string of the molecule is COc1ccccc1/C=C1\C(=O)NC(=S)N(c2ccc(Cl)cc2Cl)C1=O. The molecule has 2 aromatic rings. The molecule has 0 spiro atoms. The summed E-state index contributed by atoms with van der Waals surface area (Å²) in [7, 11) is 1.51. The van der Waals surface area contributed by atoms with E-state index in [1.54, 1.807) is 36.4 Å². The fourth-order valence-corrected chi connectivity index (χ4v) is 3.25. The van der Waals surface area contributed by atoms with E-state index in [9.17, 15) is 9.59 Å². The van der Waals surface area contributed by atoms with Gasteiger partial charge in [0.25, 0.3) is 11.8 Å². The Labute approximate surface area is 165 Å². The van der Waals surface area contributed by atoms with Gasteiger partial charge in [0.1, 0.15) is 11.3 Å². The standard InChI is InChI=1S/C18H12Cl2N2O3S/c1-25-15-5-3-2-4-10(15)8-12-16(23)21-18(26)22(17(12)24)14-7-6-11(19)9-13(14)20/h2-9H,1H3,(H,21,23,26)/b12-8+. The molecule has 0 radical (unpaired) electrons. The zero-order chi connectivity index (χ0) is 18.8. The van der Waals surface area contributed by atoms with E-state index in [-0.39, 0.29) is 15.7 Å². The summed E-state index contributed by atoms with van der Waals surface area (Å²) in [5.74, 6) is -0.647. The summed E-state index contributed by atoms with van der Waals surface area (Å²) >= 11 is 17.3. The molecule has 132 valence electrons. The van der Waals surface area contributed by atoms with Gasteiger partial charge in [-0.05, 0) is 42.6 Å². The Balaban J connectivity index is 2.07. The highest BCUT2D eigenvalue weighted by Crippen LogP contribution is 2.32. The highest BCUT2D eigenvalue weighted by Gasteiger charge is 2.35. The molecular weight excluding hydrogens is 395 g/mol. The van der Waals surface area contributed by atoms with Crippen molar-refractivity contribution in [3.8, 4) is 5.75 Å². The van der Waals surface area contributed by atoms with Crippen LogP contribution in [0.2, 0.25) is 10.0 Å². The van der Waals surface area contributed by atoms with Crippen molar-refractivity contribution in [1.82, 2.24) is 5.32 Å². The monoisotopic (exact) mass is 406 g/mol. The van der Waals surface area contributed by atoms with Crippen LogP contribution < -0.4 is 15.0 Å². The molecule has 2 aromatic carbocycles. The van der Waals surface area contributed by atoms with Crippen LogP contribution in [0.1, 0.15) is 5.56 Å². The topological polar surface area (TPSA) is 58.6 Å². The van der Waals surface area contributed by atoms with Crippen LogP contribution in [-0.4, -0.2) is 24.0 Å². The predicted octanol–water partition coefficient (Wildman–Crippen LogP) is 3.83. The number of para-hydroxylation sites is 1. The van der Waals surface area contributed by atoms with E-state index in [0.29, 0.717) is 22.0 Å². The smallest absolute Gasteiger partial charge is 0.270 e. The van der Waals surface area contributed by atoms with Gasteiger partial charge in [-0.3, -0.25) is 19.8 Å². The van der Waals surface area contributed by atoms with Crippen molar-refractivity contribution in [3.05, 3.63) is 63.6 Å². The zero-order valence-electron chi connectivity index (χ0n) is 13.5. The Bertz CT molecular complexity index is 959. The molecule has 1 heterocycles. The van der Waals surface area contributed by atoms with Crippen molar-refractivity contribution in [2.24, 2.45) is 0 Å². The molecule has 26 heavy (non-hydrogen) atoms. The number of hydrogen-bond donors (Lipinski definition) is 1. The second-order valence-electron chi connectivity index (χ2n) is 5.30. The van der Waals surface area contributed by atoms with E-state index in [4.69, 9.17) is 40.2 Å². The maximum Gasteiger partial charge on any atom is 0.270 e. The highest BCUT2D eigenvalue weighted by atomic mass is 35.5. The summed E-state index contributed by atoms with van der Waals surface area (Å²) in [4.78, 5) is 26.5. The number of rotatable bonds is 3. The summed E-state index contributed by atoms with van der Waals surface area (Å²) in [5, 5.41) is 3.11. The third-order valence-corrected chi connectivity index (χ3v) is 4.51. The second-order valence-corrected chi connectivity index (χ2v) is 6.53. The summed E-state index contributed by atoms with van der Waals surface area (Å²) in [5.41, 5.74) is 0.828. The Morgan fingerprint density at radius 2 is 1.88 bits per heavy atom. The van der Waals surface area contributed by atoms with E-state index in [1.807, 2.05) is 0 Å². The number of hydrogen-bond acceptors (Lipinski definition) is 4. The molecule has 5 nitrogen and oxygen atoms in total. The number of carbonyl (C=O) groups excluding carboxylic acids is 2. The van der Waals surface area contributed by atoms with Crippen LogP contribution in [0.3, 0.4) is 0 Å². The lowest BCUT2D eigenvalue weighted by Crippen LogP contribution is -2.54. The van der Waals surface area contributed by atoms with Gasteiger partial charge in [-0.1, -0.05) is 41.4 Å². The maximum absolute atomic E-state index is 13.0. The third-order valence-electron chi connectivity index (χ3n) is 3.69. The average molecular weight is 407 g/mol. The first-order valence-corrected chi connectivity index (χ1v) is 8.58. The predicted molar refractivity (Wildman–Crippen MR) is 106 cm³/mol. The lowest BCUT2D eigenvalue weighted by atomic mass is 10.1. The number of nitrogens with one attached hydrogen (secondary N) is 1. The fourth-order valence-electron chi connectivity index (χ4n) is 2.48. The lowest BCUT2D eigenvalue weighted by molar-refractivity contribution is -0.122. The van der Waals surface area contributed by atoms with E-state index in [1.165, 1.54) is 19.3 Å².